The van der Waals surface area contributed by atoms with Gasteiger partial charge in [0, 0.05) is 53.1 Å². The third kappa shape index (κ3) is 4.58. The van der Waals surface area contributed by atoms with Crippen molar-refractivity contribution in [3.63, 3.8) is 0 Å². The molecule has 0 radical (unpaired) electrons. The first-order chi connectivity index (χ1) is 26.2. The van der Waals surface area contributed by atoms with E-state index < -0.39 is 0 Å². The van der Waals surface area contributed by atoms with Gasteiger partial charge in [0.15, 0.2) is 0 Å². The number of thiophene rings is 1. The molecule has 0 bridgehead atoms. The second-order valence-corrected chi connectivity index (χ2v) is 14.8. The smallest absolute Gasteiger partial charge is 0.0991 e. The van der Waals surface area contributed by atoms with Crippen molar-refractivity contribution < 1.29 is 0 Å². The van der Waals surface area contributed by atoms with Gasteiger partial charge < -0.3 is 9.13 Å². The SMILES string of the molecule is N#Cc1ccc2sc3ccc(-c4ccc5c(c4)c4cc(-c6ccc7c(c6)c6ccccc6n7-c6ccccc6)ccc4n5-c4ccccc4)cc3c2c1. The molecule has 0 saturated carbocycles. The van der Waals surface area contributed by atoms with E-state index in [1.807, 2.05) is 12.1 Å². The van der Waals surface area contributed by atoms with Gasteiger partial charge in [0.2, 0.25) is 0 Å². The van der Waals surface area contributed by atoms with Crippen molar-refractivity contribution in [2.24, 2.45) is 0 Å². The summed E-state index contributed by atoms with van der Waals surface area (Å²) < 4.78 is 7.18. The lowest BCUT2D eigenvalue weighted by atomic mass is 9.98. The highest BCUT2D eigenvalue weighted by atomic mass is 32.1. The van der Waals surface area contributed by atoms with Crippen molar-refractivity contribution in [1.29, 1.82) is 5.26 Å². The van der Waals surface area contributed by atoms with Crippen LogP contribution in [0.15, 0.2) is 176 Å². The summed E-state index contributed by atoms with van der Waals surface area (Å²) in [6.07, 6.45) is 0. The summed E-state index contributed by atoms with van der Waals surface area (Å²) in [6.45, 7) is 0. The summed E-state index contributed by atoms with van der Waals surface area (Å²) in [5.41, 5.74) is 12.5. The van der Waals surface area contributed by atoms with Gasteiger partial charge in [0.1, 0.15) is 0 Å². The summed E-state index contributed by atoms with van der Waals surface area (Å²) >= 11 is 1.78. The first-order valence-corrected chi connectivity index (χ1v) is 18.6. The summed E-state index contributed by atoms with van der Waals surface area (Å²) in [5.74, 6) is 0. The zero-order valence-electron chi connectivity index (χ0n) is 28.5. The maximum absolute atomic E-state index is 9.59. The number of benzene rings is 8. The van der Waals surface area contributed by atoms with Crippen LogP contribution in [0, 0.1) is 11.3 Å². The first-order valence-electron chi connectivity index (χ1n) is 17.8. The molecular formula is C49H29N3S. The maximum Gasteiger partial charge on any atom is 0.0991 e. The fourth-order valence-electron chi connectivity index (χ4n) is 8.27. The Morgan fingerprint density at radius 3 is 1.32 bits per heavy atom. The van der Waals surface area contributed by atoms with Gasteiger partial charge in [0.05, 0.1) is 33.7 Å². The fourth-order valence-corrected chi connectivity index (χ4v) is 9.34. The lowest BCUT2D eigenvalue weighted by Crippen LogP contribution is -1.93. The zero-order valence-corrected chi connectivity index (χ0v) is 29.3. The zero-order chi connectivity index (χ0) is 35.0. The predicted molar refractivity (Wildman–Crippen MR) is 224 cm³/mol. The number of para-hydroxylation sites is 3. The molecule has 0 unspecified atom stereocenters. The second kappa shape index (κ2) is 11.5. The molecule has 11 aromatic rings. The maximum atomic E-state index is 9.59. The first kappa shape index (κ1) is 29.8. The molecule has 0 spiro atoms. The number of hydrogen-bond acceptors (Lipinski definition) is 2. The van der Waals surface area contributed by atoms with Crippen molar-refractivity contribution in [2.45, 2.75) is 0 Å². The van der Waals surface area contributed by atoms with Gasteiger partial charge in [-0.15, -0.1) is 11.3 Å². The van der Waals surface area contributed by atoms with Crippen LogP contribution in [-0.4, -0.2) is 9.13 Å². The Hall–Kier alpha value is -6.93. The molecule has 3 aromatic heterocycles. The van der Waals surface area contributed by atoms with Gasteiger partial charge in [-0.1, -0.05) is 78.9 Å². The standard InChI is InChI=1S/C49H29N3S/c50-30-31-15-23-48-42(25-31)43-29-35(19-24-49(43)53-48)34-18-22-47-41(28-34)40-27-33(17-21-46(40)52(47)37-11-5-2-6-12-37)32-16-20-45-39(26-32)38-13-7-8-14-44(38)51(45)36-9-3-1-4-10-36/h1-29H. The summed E-state index contributed by atoms with van der Waals surface area (Å²) in [4.78, 5) is 0. The van der Waals surface area contributed by atoms with Crippen molar-refractivity contribution in [2.75, 3.05) is 0 Å². The van der Waals surface area contributed by atoms with Gasteiger partial charge in [-0.25, -0.2) is 0 Å². The number of nitriles is 1. The van der Waals surface area contributed by atoms with E-state index in [-0.39, 0.29) is 0 Å². The molecular weight excluding hydrogens is 663 g/mol. The third-order valence-electron chi connectivity index (χ3n) is 10.7. The summed E-state index contributed by atoms with van der Waals surface area (Å²) in [6, 6.07) is 65.7. The van der Waals surface area contributed by atoms with E-state index in [4.69, 9.17) is 0 Å². The molecule has 0 N–H and O–H groups in total. The molecule has 0 saturated heterocycles. The van der Waals surface area contributed by atoms with Crippen molar-refractivity contribution in [3.8, 4) is 39.7 Å². The molecule has 0 fully saturated rings. The quantitative estimate of drug-likeness (QED) is 0.181. The van der Waals surface area contributed by atoms with Crippen LogP contribution in [0.25, 0.3) is 97.4 Å². The number of rotatable bonds is 4. The Balaban J connectivity index is 1.11. The number of nitrogens with zero attached hydrogens (tertiary/aromatic N) is 3. The third-order valence-corrected chi connectivity index (χ3v) is 11.9. The molecule has 0 amide bonds. The topological polar surface area (TPSA) is 33.6 Å². The lowest BCUT2D eigenvalue weighted by Gasteiger charge is -2.09. The molecule has 11 rings (SSSR count). The molecule has 0 atom stereocenters. The van der Waals surface area contributed by atoms with E-state index >= 15 is 0 Å². The number of fused-ring (bicyclic) bond motifs is 9. The van der Waals surface area contributed by atoms with Crippen LogP contribution in [0.5, 0.6) is 0 Å². The monoisotopic (exact) mass is 691 g/mol. The minimum Gasteiger partial charge on any atom is -0.309 e. The lowest BCUT2D eigenvalue weighted by molar-refractivity contribution is 1.18. The Morgan fingerprint density at radius 2 is 0.774 bits per heavy atom. The summed E-state index contributed by atoms with van der Waals surface area (Å²) in [5, 5.41) is 16.8. The molecule has 4 heteroatoms. The van der Waals surface area contributed by atoms with Crippen LogP contribution in [-0.2, 0) is 0 Å². The van der Waals surface area contributed by atoms with Crippen molar-refractivity contribution >= 4 is 75.1 Å². The van der Waals surface area contributed by atoms with Gasteiger partial charge in [-0.3, -0.25) is 0 Å². The van der Waals surface area contributed by atoms with Crippen LogP contribution in [0.4, 0.5) is 0 Å². The minimum atomic E-state index is 0.689. The van der Waals surface area contributed by atoms with Crippen LogP contribution >= 0.6 is 11.3 Å². The van der Waals surface area contributed by atoms with Crippen LogP contribution in [0.2, 0.25) is 0 Å². The largest absolute Gasteiger partial charge is 0.309 e. The molecule has 246 valence electrons. The molecule has 0 aliphatic carbocycles. The second-order valence-electron chi connectivity index (χ2n) is 13.7. The fraction of sp³-hybridized carbons (Fsp3) is 0. The predicted octanol–water partition coefficient (Wildman–Crippen LogP) is 13.5. The number of aromatic nitrogens is 2. The Bertz CT molecular complexity index is 3280. The summed E-state index contributed by atoms with van der Waals surface area (Å²) in [7, 11) is 0. The highest BCUT2D eigenvalue weighted by molar-refractivity contribution is 7.25. The normalized spacial score (nSPS) is 11.8. The minimum absolute atomic E-state index is 0.689. The molecule has 3 nitrogen and oxygen atoms in total. The Morgan fingerprint density at radius 1 is 0.358 bits per heavy atom. The Labute approximate surface area is 309 Å². The van der Waals surface area contributed by atoms with Gasteiger partial charge >= 0.3 is 0 Å². The van der Waals surface area contributed by atoms with E-state index in [0.717, 1.165) is 16.8 Å². The van der Waals surface area contributed by atoms with Crippen LogP contribution < -0.4 is 0 Å². The molecule has 0 aliphatic heterocycles. The highest BCUT2D eigenvalue weighted by Crippen LogP contribution is 2.41. The molecule has 53 heavy (non-hydrogen) atoms. The average molecular weight is 692 g/mol. The van der Waals surface area contributed by atoms with Crippen molar-refractivity contribution in [3.05, 3.63) is 181 Å². The van der Waals surface area contributed by atoms with E-state index in [2.05, 4.69) is 179 Å². The average Bonchev–Trinajstić information content (AvgIpc) is 3.87. The molecule has 8 aromatic carbocycles. The van der Waals surface area contributed by atoms with E-state index in [0.29, 0.717) is 5.56 Å². The van der Waals surface area contributed by atoms with Gasteiger partial charge in [-0.2, -0.15) is 5.26 Å². The van der Waals surface area contributed by atoms with E-state index in [9.17, 15) is 5.26 Å². The van der Waals surface area contributed by atoms with Gasteiger partial charge in [-0.05, 0) is 119 Å². The molecule has 0 aliphatic rings. The van der Waals surface area contributed by atoms with Crippen LogP contribution in [0.3, 0.4) is 0 Å². The van der Waals surface area contributed by atoms with Crippen LogP contribution in [0.1, 0.15) is 5.56 Å². The van der Waals surface area contributed by atoms with Crippen molar-refractivity contribution in [1.82, 2.24) is 9.13 Å². The van der Waals surface area contributed by atoms with Gasteiger partial charge in [0.25, 0.3) is 0 Å². The van der Waals surface area contributed by atoms with E-state index in [1.165, 1.54) is 80.7 Å². The highest BCUT2D eigenvalue weighted by Gasteiger charge is 2.17. The van der Waals surface area contributed by atoms with E-state index in [1.54, 1.807) is 11.3 Å². The Kier molecular flexibility index (Phi) is 6.48. The number of hydrogen-bond donors (Lipinski definition) is 0. The molecule has 3 heterocycles.